The number of rotatable bonds is 7. The normalized spacial score (nSPS) is 15.5. The predicted octanol–water partition coefficient (Wildman–Crippen LogP) is 3.30. The average Bonchev–Trinajstić information content (AvgIpc) is 2.98. The molecule has 1 aliphatic carbocycles. The van der Waals surface area contributed by atoms with Crippen LogP contribution in [0.2, 0.25) is 0 Å². The lowest BCUT2D eigenvalue weighted by Gasteiger charge is -2.04. The minimum absolute atomic E-state index is 0.312. The lowest BCUT2D eigenvalue weighted by atomic mass is 10.4. The summed E-state index contributed by atoms with van der Waals surface area (Å²) in [4.78, 5) is 2.39. The van der Waals surface area contributed by atoms with Gasteiger partial charge in [-0.1, -0.05) is 0 Å². The van der Waals surface area contributed by atoms with Gasteiger partial charge in [0.15, 0.2) is 0 Å². The lowest BCUT2D eigenvalue weighted by molar-refractivity contribution is 0.582. The molecule has 1 aliphatic rings. The zero-order chi connectivity index (χ0) is 14.9. The van der Waals surface area contributed by atoms with E-state index < -0.39 is 10.0 Å². The van der Waals surface area contributed by atoms with E-state index in [-0.39, 0.29) is 0 Å². The van der Waals surface area contributed by atoms with Crippen LogP contribution < -0.4 is 10.0 Å². The van der Waals surface area contributed by atoms with E-state index in [0.29, 0.717) is 17.5 Å². The van der Waals surface area contributed by atoms with Crippen LogP contribution in [-0.4, -0.2) is 14.5 Å². The topological polar surface area (TPSA) is 58.2 Å². The summed E-state index contributed by atoms with van der Waals surface area (Å²) in [6.45, 7) is 1.06. The minimum atomic E-state index is -3.44. The highest BCUT2D eigenvalue weighted by atomic mass is 79.9. The van der Waals surface area contributed by atoms with Crippen LogP contribution in [0.4, 0.5) is 0 Å². The number of thiophene rings is 2. The fourth-order valence-electron chi connectivity index (χ4n) is 1.82. The van der Waals surface area contributed by atoms with E-state index in [0.717, 1.165) is 20.8 Å². The van der Waals surface area contributed by atoms with Crippen LogP contribution in [-0.2, 0) is 23.1 Å². The van der Waals surface area contributed by atoms with Crippen molar-refractivity contribution in [2.24, 2.45) is 0 Å². The van der Waals surface area contributed by atoms with Gasteiger partial charge >= 0.3 is 0 Å². The Morgan fingerprint density at radius 1 is 1.29 bits per heavy atom. The highest BCUT2D eigenvalue weighted by molar-refractivity contribution is 9.10. The summed E-state index contributed by atoms with van der Waals surface area (Å²) in [6, 6.07) is 4.30. The third kappa shape index (κ3) is 4.14. The van der Waals surface area contributed by atoms with Gasteiger partial charge in [0.05, 0.1) is 4.90 Å². The predicted molar refractivity (Wildman–Crippen MR) is 90.2 cm³/mol. The first-order valence-electron chi connectivity index (χ1n) is 6.57. The Morgan fingerprint density at radius 3 is 2.76 bits per heavy atom. The summed E-state index contributed by atoms with van der Waals surface area (Å²) in [5.41, 5.74) is 0. The van der Waals surface area contributed by atoms with Gasteiger partial charge in [0.25, 0.3) is 0 Å². The first-order chi connectivity index (χ1) is 10.0. The highest BCUT2D eigenvalue weighted by Gasteiger charge is 2.21. The summed E-state index contributed by atoms with van der Waals surface area (Å²) in [6.07, 6.45) is 2.46. The zero-order valence-corrected chi connectivity index (χ0v) is 15.2. The molecule has 2 N–H and O–H groups in total. The number of nitrogens with one attached hydrogen (secondary N) is 2. The highest BCUT2D eigenvalue weighted by Crippen LogP contribution is 2.25. The fourth-order valence-corrected chi connectivity index (χ4v) is 5.57. The van der Waals surface area contributed by atoms with Crippen LogP contribution in [0.15, 0.2) is 32.3 Å². The molecule has 21 heavy (non-hydrogen) atoms. The Balaban J connectivity index is 1.62. The molecular formula is C13H15BrN2O2S3. The van der Waals surface area contributed by atoms with Crippen molar-refractivity contribution in [2.75, 3.05) is 0 Å². The van der Waals surface area contributed by atoms with Crippen LogP contribution in [0.25, 0.3) is 0 Å². The number of sulfonamides is 1. The molecule has 114 valence electrons. The molecule has 2 aromatic heterocycles. The summed E-state index contributed by atoms with van der Waals surface area (Å²) in [5, 5.41) is 7.02. The van der Waals surface area contributed by atoms with Crippen LogP contribution in [0.3, 0.4) is 0 Å². The SMILES string of the molecule is O=S(=O)(NCc1sccc1Br)c1csc(CNC2CC2)c1. The first-order valence-corrected chi connectivity index (χ1v) is 10.6. The summed E-state index contributed by atoms with van der Waals surface area (Å²) in [5.74, 6) is 0. The molecule has 0 bridgehead atoms. The Bertz CT molecular complexity index is 719. The standard InChI is InChI=1S/C13H15BrN2O2S3/c14-12-3-4-19-13(12)7-16-21(17,18)11-5-10(20-8-11)6-15-9-1-2-9/h3-5,8-9,15-16H,1-2,6-7H2. The maximum Gasteiger partial charge on any atom is 0.241 e. The maximum atomic E-state index is 12.3. The van der Waals surface area contributed by atoms with E-state index in [1.807, 2.05) is 11.4 Å². The molecule has 8 heteroatoms. The van der Waals surface area contributed by atoms with Crippen molar-refractivity contribution in [1.82, 2.24) is 10.0 Å². The molecule has 0 amide bonds. The summed E-state index contributed by atoms with van der Waals surface area (Å²) < 4.78 is 28.1. The molecule has 0 atom stereocenters. The van der Waals surface area contributed by atoms with Gasteiger partial charge in [-0.3, -0.25) is 0 Å². The molecule has 0 aromatic carbocycles. The Kier molecular flexibility index (Phi) is 4.82. The van der Waals surface area contributed by atoms with E-state index in [4.69, 9.17) is 0 Å². The van der Waals surface area contributed by atoms with Crippen LogP contribution in [0, 0.1) is 0 Å². The number of hydrogen-bond donors (Lipinski definition) is 2. The van der Waals surface area contributed by atoms with Gasteiger partial charge in [-0.15, -0.1) is 22.7 Å². The van der Waals surface area contributed by atoms with Gasteiger partial charge in [-0.2, -0.15) is 0 Å². The van der Waals surface area contributed by atoms with E-state index in [1.54, 1.807) is 11.4 Å². The molecule has 2 heterocycles. The zero-order valence-electron chi connectivity index (χ0n) is 11.1. The third-order valence-corrected chi connectivity index (χ3v) is 7.59. The second-order valence-electron chi connectivity index (χ2n) is 4.92. The Labute approximate surface area is 140 Å². The first kappa shape index (κ1) is 15.6. The van der Waals surface area contributed by atoms with Gasteiger partial charge in [0.1, 0.15) is 0 Å². The molecule has 0 spiro atoms. The van der Waals surface area contributed by atoms with Crippen molar-refractivity contribution < 1.29 is 8.42 Å². The molecule has 0 radical (unpaired) electrons. The molecule has 1 saturated carbocycles. The van der Waals surface area contributed by atoms with Crippen molar-refractivity contribution in [1.29, 1.82) is 0 Å². The molecule has 0 aliphatic heterocycles. The van der Waals surface area contributed by atoms with Crippen molar-refractivity contribution in [2.45, 2.75) is 36.9 Å². The van der Waals surface area contributed by atoms with Gasteiger partial charge in [-0.05, 0) is 46.3 Å². The number of halogens is 1. The molecular weight excluding hydrogens is 392 g/mol. The maximum absolute atomic E-state index is 12.3. The fraction of sp³-hybridized carbons (Fsp3) is 0.385. The molecule has 0 unspecified atom stereocenters. The van der Waals surface area contributed by atoms with Crippen LogP contribution in [0.5, 0.6) is 0 Å². The van der Waals surface area contributed by atoms with Gasteiger partial charge < -0.3 is 5.32 Å². The second kappa shape index (κ2) is 6.47. The van der Waals surface area contributed by atoms with Crippen molar-refractivity contribution in [3.8, 4) is 0 Å². The van der Waals surface area contributed by atoms with Crippen molar-refractivity contribution in [3.63, 3.8) is 0 Å². The average molecular weight is 407 g/mol. The number of hydrogen-bond acceptors (Lipinski definition) is 5. The minimum Gasteiger partial charge on any atom is -0.309 e. The van der Waals surface area contributed by atoms with E-state index >= 15 is 0 Å². The molecule has 4 nitrogen and oxygen atoms in total. The van der Waals surface area contributed by atoms with Crippen molar-refractivity contribution in [3.05, 3.63) is 37.1 Å². The largest absolute Gasteiger partial charge is 0.309 e. The van der Waals surface area contributed by atoms with Crippen LogP contribution >= 0.6 is 38.6 Å². The lowest BCUT2D eigenvalue weighted by Crippen LogP contribution is -2.22. The Hall–Kier alpha value is -0.250. The quantitative estimate of drug-likeness (QED) is 0.741. The van der Waals surface area contributed by atoms with Gasteiger partial charge in [0.2, 0.25) is 10.0 Å². The molecule has 2 aromatic rings. The monoisotopic (exact) mass is 406 g/mol. The molecule has 1 fully saturated rings. The molecule has 3 rings (SSSR count). The van der Waals surface area contributed by atoms with Gasteiger partial charge in [0, 0.05) is 38.7 Å². The summed E-state index contributed by atoms with van der Waals surface area (Å²) >= 11 is 6.42. The second-order valence-corrected chi connectivity index (χ2v) is 9.54. The van der Waals surface area contributed by atoms with E-state index in [1.165, 1.54) is 35.5 Å². The Morgan fingerprint density at radius 2 is 2.10 bits per heavy atom. The van der Waals surface area contributed by atoms with E-state index in [2.05, 4.69) is 26.0 Å². The van der Waals surface area contributed by atoms with E-state index in [9.17, 15) is 8.42 Å². The van der Waals surface area contributed by atoms with Crippen molar-refractivity contribution >= 4 is 48.6 Å². The van der Waals surface area contributed by atoms with Gasteiger partial charge in [-0.25, -0.2) is 13.1 Å². The molecule has 0 saturated heterocycles. The smallest absolute Gasteiger partial charge is 0.241 e. The third-order valence-electron chi connectivity index (χ3n) is 3.20. The van der Waals surface area contributed by atoms with Crippen LogP contribution in [0.1, 0.15) is 22.6 Å². The summed E-state index contributed by atoms with van der Waals surface area (Å²) in [7, 11) is -3.44.